The summed E-state index contributed by atoms with van der Waals surface area (Å²) in [4.78, 5) is 11.9. The molecule has 1 aromatic carbocycles. The van der Waals surface area contributed by atoms with Crippen molar-refractivity contribution in [3.8, 4) is 5.75 Å². The van der Waals surface area contributed by atoms with Crippen LogP contribution in [0.5, 0.6) is 5.75 Å². The second kappa shape index (κ2) is 7.06. The second-order valence-electron chi connectivity index (χ2n) is 5.47. The number of nitrogens with zero attached hydrogens (tertiary/aromatic N) is 2. The van der Waals surface area contributed by atoms with Crippen molar-refractivity contribution in [3.63, 3.8) is 0 Å². The molecule has 2 N–H and O–H groups in total. The van der Waals surface area contributed by atoms with E-state index in [9.17, 15) is 13.2 Å². The molecular formula is C15H17N3O5S2. The summed E-state index contributed by atoms with van der Waals surface area (Å²) in [5.74, 6) is 0.183. The van der Waals surface area contributed by atoms with Crippen LogP contribution < -0.4 is 9.46 Å². The number of aryl methyl sites for hydroxylation is 1. The Balaban J connectivity index is 1.62. The molecule has 3 rings (SSSR count). The van der Waals surface area contributed by atoms with E-state index in [0.717, 1.165) is 27.3 Å². The number of aromatic carboxylic acids is 1. The number of carboxylic acids is 1. The van der Waals surface area contributed by atoms with Gasteiger partial charge in [-0.15, -0.1) is 11.8 Å². The van der Waals surface area contributed by atoms with Gasteiger partial charge in [-0.1, -0.05) is 12.1 Å². The van der Waals surface area contributed by atoms with Crippen molar-refractivity contribution in [1.29, 1.82) is 0 Å². The summed E-state index contributed by atoms with van der Waals surface area (Å²) in [7, 11) is -2.57. The van der Waals surface area contributed by atoms with Gasteiger partial charge in [0.25, 0.3) is 0 Å². The number of carboxylic acid groups (broad SMARTS) is 1. The number of ether oxygens (including phenoxy) is 1. The highest BCUT2D eigenvalue weighted by Gasteiger charge is 2.27. The van der Waals surface area contributed by atoms with E-state index in [2.05, 4.69) is 9.82 Å². The van der Waals surface area contributed by atoms with Gasteiger partial charge in [-0.25, -0.2) is 17.9 Å². The summed E-state index contributed by atoms with van der Waals surface area (Å²) in [6, 6.07) is 7.69. The minimum absolute atomic E-state index is 0.115. The topological polar surface area (TPSA) is 111 Å². The first-order valence-corrected chi connectivity index (χ1v) is 9.99. The monoisotopic (exact) mass is 383 g/mol. The zero-order valence-electron chi connectivity index (χ0n) is 13.4. The fraction of sp³-hybridized carbons (Fsp3) is 0.333. The number of benzene rings is 1. The first-order chi connectivity index (χ1) is 11.9. The van der Waals surface area contributed by atoms with Crippen LogP contribution in [-0.2, 0) is 17.1 Å². The molecule has 0 amide bonds. The maximum Gasteiger partial charge on any atom is 0.355 e. The average Bonchev–Trinajstić information content (AvgIpc) is 2.97. The number of hydrogen-bond donors (Lipinski definition) is 2. The maximum atomic E-state index is 12.3. The molecule has 134 valence electrons. The lowest BCUT2D eigenvalue weighted by Crippen LogP contribution is -2.32. The molecule has 25 heavy (non-hydrogen) atoms. The van der Waals surface area contributed by atoms with Gasteiger partial charge in [0.1, 0.15) is 16.7 Å². The van der Waals surface area contributed by atoms with Gasteiger partial charge < -0.3 is 9.84 Å². The number of thioether (sulfide) groups is 1. The highest BCUT2D eigenvalue weighted by molar-refractivity contribution is 7.99. The van der Waals surface area contributed by atoms with Crippen LogP contribution in [0.15, 0.2) is 40.3 Å². The molecule has 0 fully saturated rings. The normalized spacial score (nSPS) is 16.9. The van der Waals surface area contributed by atoms with Gasteiger partial charge in [-0.2, -0.15) is 5.10 Å². The fourth-order valence-corrected chi connectivity index (χ4v) is 4.73. The van der Waals surface area contributed by atoms with E-state index in [1.54, 1.807) is 11.8 Å². The summed E-state index contributed by atoms with van der Waals surface area (Å²) in [5.41, 5.74) is -0.370. The third-order valence-corrected chi connectivity index (χ3v) is 6.37. The van der Waals surface area contributed by atoms with Crippen molar-refractivity contribution in [1.82, 2.24) is 14.5 Å². The SMILES string of the molecule is Cn1ncc(S(=O)(=O)NCCC2CSc3ccccc3O2)c1C(=O)O. The van der Waals surface area contributed by atoms with Gasteiger partial charge in [-0.3, -0.25) is 4.68 Å². The Kier molecular flexibility index (Phi) is 5.02. The van der Waals surface area contributed by atoms with Crippen molar-refractivity contribution in [2.75, 3.05) is 12.3 Å². The Bertz CT molecular complexity index is 894. The van der Waals surface area contributed by atoms with Crippen molar-refractivity contribution < 1.29 is 23.1 Å². The standard InChI is InChI=1S/C15H17N3O5S2/c1-18-14(15(19)20)13(8-16-18)25(21,22)17-7-6-10-9-24-12-5-3-2-4-11(12)23-10/h2-5,8,10,17H,6-7,9H2,1H3,(H,19,20). The summed E-state index contributed by atoms with van der Waals surface area (Å²) < 4.78 is 34.0. The molecule has 0 saturated heterocycles. The molecule has 0 bridgehead atoms. The molecule has 2 heterocycles. The first kappa shape index (κ1) is 17.8. The zero-order chi connectivity index (χ0) is 18.0. The van der Waals surface area contributed by atoms with Crippen LogP contribution in [0.2, 0.25) is 0 Å². The molecule has 1 atom stereocenters. The van der Waals surface area contributed by atoms with Crippen LogP contribution in [0.4, 0.5) is 0 Å². The van der Waals surface area contributed by atoms with Crippen LogP contribution in [0, 0.1) is 0 Å². The van der Waals surface area contributed by atoms with Crippen molar-refractivity contribution in [2.45, 2.75) is 22.3 Å². The van der Waals surface area contributed by atoms with E-state index >= 15 is 0 Å². The Hall–Kier alpha value is -2.04. The third kappa shape index (κ3) is 3.80. The van der Waals surface area contributed by atoms with Gasteiger partial charge in [-0.05, 0) is 18.6 Å². The van der Waals surface area contributed by atoms with Gasteiger partial charge >= 0.3 is 5.97 Å². The summed E-state index contributed by atoms with van der Waals surface area (Å²) in [6.07, 6.45) is 1.40. The number of para-hydroxylation sites is 1. The van der Waals surface area contributed by atoms with Crippen LogP contribution in [0.3, 0.4) is 0 Å². The third-order valence-electron chi connectivity index (χ3n) is 3.72. The summed E-state index contributed by atoms with van der Waals surface area (Å²) in [5, 5.41) is 12.9. The van der Waals surface area contributed by atoms with Crippen molar-refractivity contribution in [3.05, 3.63) is 36.2 Å². The second-order valence-corrected chi connectivity index (χ2v) is 8.27. The van der Waals surface area contributed by atoms with Crippen LogP contribution in [0.25, 0.3) is 0 Å². The van der Waals surface area contributed by atoms with E-state index in [0.29, 0.717) is 6.42 Å². The quantitative estimate of drug-likeness (QED) is 0.774. The zero-order valence-corrected chi connectivity index (χ0v) is 15.0. The largest absolute Gasteiger partial charge is 0.488 e. The Morgan fingerprint density at radius 3 is 3.00 bits per heavy atom. The molecule has 0 aliphatic carbocycles. The number of rotatable bonds is 6. The van der Waals surface area contributed by atoms with Crippen LogP contribution in [0.1, 0.15) is 16.9 Å². The van der Waals surface area contributed by atoms with Crippen LogP contribution >= 0.6 is 11.8 Å². The highest BCUT2D eigenvalue weighted by Crippen LogP contribution is 2.35. The molecular weight excluding hydrogens is 366 g/mol. The van der Waals surface area contributed by atoms with Crippen LogP contribution in [-0.4, -0.2) is 47.7 Å². The molecule has 0 saturated carbocycles. The van der Waals surface area contributed by atoms with Gasteiger partial charge in [0.2, 0.25) is 10.0 Å². The van der Waals surface area contributed by atoms with Crippen molar-refractivity contribution in [2.24, 2.45) is 7.05 Å². The lowest BCUT2D eigenvalue weighted by Gasteiger charge is -2.25. The molecule has 0 radical (unpaired) electrons. The molecule has 1 unspecified atom stereocenters. The molecule has 1 aliphatic rings. The number of fused-ring (bicyclic) bond motifs is 1. The lowest BCUT2D eigenvalue weighted by atomic mass is 10.2. The van der Waals surface area contributed by atoms with Gasteiger partial charge in [0.05, 0.1) is 6.20 Å². The minimum atomic E-state index is -3.95. The predicted octanol–water partition coefficient (Wildman–Crippen LogP) is 1.34. The van der Waals surface area contributed by atoms with Gasteiger partial charge in [0, 0.05) is 24.2 Å². The van der Waals surface area contributed by atoms with Gasteiger partial charge in [0.15, 0.2) is 5.69 Å². The molecule has 0 spiro atoms. The minimum Gasteiger partial charge on any atom is -0.488 e. The van der Waals surface area contributed by atoms with Crippen molar-refractivity contribution >= 4 is 27.8 Å². The molecule has 2 aromatic rings. The average molecular weight is 383 g/mol. The number of aromatic nitrogens is 2. The summed E-state index contributed by atoms with van der Waals surface area (Å²) in [6.45, 7) is 0.143. The smallest absolute Gasteiger partial charge is 0.355 e. The summed E-state index contributed by atoms with van der Waals surface area (Å²) >= 11 is 1.67. The number of nitrogens with one attached hydrogen (secondary N) is 1. The Labute approximate surface area is 149 Å². The molecule has 1 aromatic heterocycles. The van der Waals surface area contributed by atoms with E-state index in [-0.39, 0.29) is 23.2 Å². The van der Waals surface area contributed by atoms with E-state index in [4.69, 9.17) is 9.84 Å². The Morgan fingerprint density at radius 1 is 1.48 bits per heavy atom. The maximum absolute atomic E-state index is 12.3. The van der Waals surface area contributed by atoms with E-state index in [1.807, 2.05) is 24.3 Å². The molecule has 10 heteroatoms. The molecule has 1 aliphatic heterocycles. The number of hydrogen-bond acceptors (Lipinski definition) is 6. The van der Waals surface area contributed by atoms with E-state index in [1.165, 1.54) is 7.05 Å². The predicted molar refractivity (Wildman–Crippen MR) is 91.6 cm³/mol. The lowest BCUT2D eigenvalue weighted by molar-refractivity contribution is 0.0680. The first-order valence-electron chi connectivity index (χ1n) is 7.52. The molecule has 8 nitrogen and oxygen atoms in total. The van der Waals surface area contributed by atoms with E-state index < -0.39 is 16.0 Å². The fourth-order valence-electron chi connectivity index (χ4n) is 2.50. The number of sulfonamides is 1. The Morgan fingerprint density at radius 2 is 2.24 bits per heavy atom. The highest BCUT2D eigenvalue weighted by atomic mass is 32.2. The number of carbonyl (C=O) groups is 1.